The molecule has 0 fully saturated rings. The monoisotopic (exact) mass is 201 g/mol. The van der Waals surface area contributed by atoms with Gasteiger partial charge in [-0.05, 0) is 5.56 Å². The van der Waals surface area contributed by atoms with E-state index in [0.717, 1.165) is 0 Å². The Morgan fingerprint density at radius 2 is 1.85 bits per heavy atom. The van der Waals surface area contributed by atoms with Crippen molar-refractivity contribution in [2.45, 2.75) is 6.04 Å². The smallest absolute Gasteiger partial charge is 0.266 e. The van der Waals surface area contributed by atoms with Gasteiger partial charge in [-0.1, -0.05) is 30.3 Å². The zero-order valence-electron chi connectivity index (χ0n) is 6.92. The highest BCUT2D eigenvalue weighted by Gasteiger charge is 2.13. The SMILES string of the molecule is NC(CS(=O)(=O)O)c1ccccc1. The second-order valence-corrected chi connectivity index (χ2v) is 4.26. The van der Waals surface area contributed by atoms with Crippen molar-refractivity contribution in [1.29, 1.82) is 0 Å². The van der Waals surface area contributed by atoms with Crippen LogP contribution in [0.5, 0.6) is 0 Å². The third-order valence-corrected chi connectivity index (χ3v) is 2.40. The van der Waals surface area contributed by atoms with Gasteiger partial charge in [0.2, 0.25) is 0 Å². The summed E-state index contributed by atoms with van der Waals surface area (Å²) in [7, 11) is -4.00. The van der Waals surface area contributed by atoms with E-state index in [0.29, 0.717) is 5.56 Å². The molecule has 72 valence electrons. The second kappa shape index (κ2) is 3.87. The molecule has 1 unspecified atom stereocenters. The van der Waals surface area contributed by atoms with Crippen LogP contribution in [0.2, 0.25) is 0 Å². The van der Waals surface area contributed by atoms with Crippen LogP contribution in [-0.2, 0) is 10.1 Å². The van der Waals surface area contributed by atoms with Gasteiger partial charge in [0.25, 0.3) is 10.1 Å². The average Bonchev–Trinajstić information content (AvgIpc) is 2.03. The lowest BCUT2D eigenvalue weighted by Gasteiger charge is -2.08. The van der Waals surface area contributed by atoms with E-state index in [4.69, 9.17) is 10.3 Å². The number of hydrogen-bond acceptors (Lipinski definition) is 3. The summed E-state index contributed by atoms with van der Waals surface area (Å²) in [5.41, 5.74) is 6.24. The Morgan fingerprint density at radius 3 is 2.31 bits per heavy atom. The van der Waals surface area contributed by atoms with E-state index in [2.05, 4.69) is 0 Å². The van der Waals surface area contributed by atoms with Gasteiger partial charge in [-0.3, -0.25) is 4.55 Å². The maximum Gasteiger partial charge on any atom is 0.266 e. The third kappa shape index (κ3) is 3.54. The summed E-state index contributed by atoms with van der Waals surface area (Å²) < 4.78 is 29.5. The molecule has 0 saturated carbocycles. The first-order valence-electron chi connectivity index (χ1n) is 3.75. The van der Waals surface area contributed by atoms with Gasteiger partial charge in [-0.15, -0.1) is 0 Å². The van der Waals surface area contributed by atoms with Crippen molar-refractivity contribution in [3.8, 4) is 0 Å². The van der Waals surface area contributed by atoms with Crippen LogP contribution in [0.15, 0.2) is 30.3 Å². The number of nitrogens with two attached hydrogens (primary N) is 1. The molecular weight excluding hydrogens is 190 g/mol. The van der Waals surface area contributed by atoms with Crippen LogP contribution in [0.25, 0.3) is 0 Å². The molecule has 1 rings (SSSR count). The van der Waals surface area contributed by atoms with Crippen molar-refractivity contribution in [2.24, 2.45) is 5.73 Å². The first-order valence-corrected chi connectivity index (χ1v) is 5.35. The fourth-order valence-corrected chi connectivity index (χ4v) is 1.67. The minimum Gasteiger partial charge on any atom is -0.323 e. The Hall–Kier alpha value is -0.910. The van der Waals surface area contributed by atoms with Gasteiger partial charge in [0.05, 0.1) is 5.75 Å². The molecule has 3 N–H and O–H groups in total. The molecule has 0 aliphatic carbocycles. The Bertz CT molecular complexity index is 360. The minimum atomic E-state index is -4.00. The third-order valence-electron chi connectivity index (χ3n) is 1.62. The molecule has 1 aromatic rings. The molecule has 0 bridgehead atoms. The van der Waals surface area contributed by atoms with Crippen LogP contribution < -0.4 is 5.73 Å². The predicted octanol–water partition coefficient (Wildman–Crippen LogP) is 0.574. The largest absolute Gasteiger partial charge is 0.323 e. The van der Waals surface area contributed by atoms with E-state index < -0.39 is 21.9 Å². The van der Waals surface area contributed by atoms with Gasteiger partial charge in [-0.2, -0.15) is 8.42 Å². The van der Waals surface area contributed by atoms with Gasteiger partial charge >= 0.3 is 0 Å². The highest BCUT2D eigenvalue weighted by molar-refractivity contribution is 7.85. The first kappa shape index (κ1) is 10.2. The Labute approximate surface area is 77.1 Å². The fraction of sp³-hybridized carbons (Fsp3) is 0.250. The molecule has 0 saturated heterocycles. The summed E-state index contributed by atoms with van der Waals surface area (Å²) in [6, 6.07) is 8.10. The molecule has 0 aliphatic rings. The van der Waals surface area contributed by atoms with E-state index in [1.54, 1.807) is 24.3 Å². The quantitative estimate of drug-likeness (QED) is 0.701. The van der Waals surface area contributed by atoms with E-state index >= 15 is 0 Å². The molecule has 0 aliphatic heterocycles. The molecule has 4 nitrogen and oxygen atoms in total. The summed E-state index contributed by atoms with van der Waals surface area (Å²) in [4.78, 5) is 0. The van der Waals surface area contributed by atoms with Crippen molar-refractivity contribution in [1.82, 2.24) is 0 Å². The molecule has 0 spiro atoms. The van der Waals surface area contributed by atoms with E-state index in [-0.39, 0.29) is 0 Å². The Kier molecular flexibility index (Phi) is 3.02. The summed E-state index contributed by atoms with van der Waals surface area (Å²) in [6.07, 6.45) is 0. The zero-order chi connectivity index (χ0) is 9.90. The van der Waals surface area contributed by atoms with Crippen molar-refractivity contribution >= 4 is 10.1 Å². The van der Waals surface area contributed by atoms with E-state index in [1.807, 2.05) is 6.07 Å². The number of hydrogen-bond donors (Lipinski definition) is 2. The first-order chi connectivity index (χ1) is 5.99. The molecule has 1 aromatic carbocycles. The topological polar surface area (TPSA) is 80.4 Å². The van der Waals surface area contributed by atoms with Crippen LogP contribution >= 0.6 is 0 Å². The van der Waals surface area contributed by atoms with Crippen LogP contribution in [0, 0.1) is 0 Å². The van der Waals surface area contributed by atoms with Gasteiger partial charge < -0.3 is 5.73 Å². The highest BCUT2D eigenvalue weighted by Crippen LogP contribution is 2.10. The molecule has 0 radical (unpaired) electrons. The van der Waals surface area contributed by atoms with Crippen molar-refractivity contribution in [3.05, 3.63) is 35.9 Å². The molecule has 0 heterocycles. The lowest BCUT2D eigenvalue weighted by atomic mass is 10.1. The Balaban J connectivity index is 2.76. The van der Waals surface area contributed by atoms with Gasteiger partial charge in [0.1, 0.15) is 0 Å². The Morgan fingerprint density at radius 1 is 1.31 bits per heavy atom. The van der Waals surface area contributed by atoms with Crippen molar-refractivity contribution in [2.75, 3.05) is 5.75 Å². The summed E-state index contributed by atoms with van der Waals surface area (Å²) in [5, 5.41) is 0. The lowest BCUT2D eigenvalue weighted by molar-refractivity contribution is 0.478. The summed E-state index contributed by atoms with van der Waals surface area (Å²) in [6.45, 7) is 0. The zero-order valence-corrected chi connectivity index (χ0v) is 7.74. The fourth-order valence-electron chi connectivity index (χ4n) is 1.02. The van der Waals surface area contributed by atoms with Crippen LogP contribution in [0.3, 0.4) is 0 Å². The average molecular weight is 201 g/mol. The minimum absolute atomic E-state index is 0.447. The van der Waals surface area contributed by atoms with Crippen molar-refractivity contribution in [3.63, 3.8) is 0 Å². The maximum absolute atomic E-state index is 10.5. The van der Waals surface area contributed by atoms with Crippen molar-refractivity contribution < 1.29 is 13.0 Å². The number of benzene rings is 1. The molecule has 13 heavy (non-hydrogen) atoms. The summed E-state index contributed by atoms with van der Waals surface area (Å²) in [5.74, 6) is -0.447. The normalized spacial score (nSPS) is 14.0. The maximum atomic E-state index is 10.5. The van der Waals surface area contributed by atoms with Gasteiger partial charge in [-0.25, -0.2) is 0 Å². The molecule has 5 heteroatoms. The van der Waals surface area contributed by atoms with Crippen LogP contribution in [-0.4, -0.2) is 18.7 Å². The van der Waals surface area contributed by atoms with E-state index in [9.17, 15) is 8.42 Å². The summed E-state index contributed by atoms with van der Waals surface area (Å²) >= 11 is 0. The van der Waals surface area contributed by atoms with Crippen LogP contribution in [0.4, 0.5) is 0 Å². The predicted molar refractivity (Wildman–Crippen MR) is 49.8 cm³/mol. The molecular formula is C8H11NO3S. The number of rotatable bonds is 3. The van der Waals surface area contributed by atoms with E-state index in [1.165, 1.54) is 0 Å². The molecule has 0 aromatic heterocycles. The second-order valence-electron chi connectivity index (χ2n) is 2.77. The standard InChI is InChI=1S/C8H11NO3S/c9-8(6-13(10,11)12)7-4-2-1-3-5-7/h1-5,8H,6,9H2,(H,10,11,12). The molecule has 1 atom stereocenters. The lowest BCUT2D eigenvalue weighted by Crippen LogP contribution is -2.20. The van der Waals surface area contributed by atoms with Crippen LogP contribution in [0.1, 0.15) is 11.6 Å². The highest BCUT2D eigenvalue weighted by atomic mass is 32.2. The van der Waals surface area contributed by atoms with Gasteiger partial charge in [0.15, 0.2) is 0 Å². The van der Waals surface area contributed by atoms with Gasteiger partial charge in [0, 0.05) is 6.04 Å². The molecule has 0 amide bonds.